The Balaban J connectivity index is 1.56. The summed E-state index contributed by atoms with van der Waals surface area (Å²) in [6.07, 6.45) is 1.33. The lowest BCUT2D eigenvalue weighted by Gasteiger charge is -2.08. The number of esters is 1. The smallest absolute Gasteiger partial charge is 0.315 e. The minimum Gasteiger partial charge on any atom is -0.452 e. The number of hydrogen-bond donors (Lipinski definition) is 0. The first kappa shape index (κ1) is 21.1. The molecule has 31 heavy (non-hydrogen) atoms. The molecule has 0 spiro atoms. The highest BCUT2D eigenvalue weighted by atomic mass is 35.5. The molecule has 0 N–H and O–H groups in total. The van der Waals surface area contributed by atoms with Crippen LogP contribution in [0.1, 0.15) is 27.0 Å². The predicted molar refractivity (Wildman–Crippen MR) is 116 cm³/mol. The molecule has 1 heterocycles. The fourth-order valence-corrected chi connectivity index (χ4v) is 3.60. The number of rotatable bonds is 4. The second-order valence-electron chi connectivity index (χ2n) is 6.97. The third-order valence-electron chi connectivity index (χ3n) is 4.71. The molecule has 3 aromatic rings. The molecule has 4 rings (SSSR count). The minimum absolute atomic E-state index is 0.0595. The van der Waals surface area contributed by atoms with Crippen LogP contribution < -0.4 is 9.47 Å². The second-order valence-corrected chi connectivity index (χ2v) is 7.81. The Morgan fingerprint density at radius 1 is 1.13 bits per heavy atom. The van der Waals surface area contributed by atoms with Crippen molar-refractivity contribution in [3.8, 4) is 11.5 Å². The third-order valence-corrected chi connectivity index (χ3v) is 5.29. The summed E-state index contributed by atoms with van der Waals surface area (Å²) < 4.78 is 25.2. The number of hydrogen-bond acceptors (Lipinski definition) is 4. The van der Waals surface area contributed by atoms with Crippen molar-refractivity contribution in [1.29, 1.82) is 0 Å². The summed E-state index contributed by atoms with van der Waals surface area (Å²) in [4.78, 5) is 25.1. The SMILES string of the molecule is Cc1cc(OC(=O)Cc2ccc(Cl)cc2)cc2c1C(=O)/C(=C/c1c(F)cccc1Cl)O2. The highest BCUT2D eigenvalue weighted by Crippen LogP contribution is 2.38. The van der Waals surface area contributed by atoms with Gasteiger partial charge in [-0.25, -0.2) is 4.39 Å². The normalized spacial score (nSPS) is 13.8. The molecule has 156 valence electrons. The van der Waals surface area contributed by atoms with Gasteiger partial charge in [-0.1, -0.05) is 41.4 Å². The monoisotopic (exact) mass is 456 g/mol. The first-order valence-corrected chi connectivity index (χ1v) is 10.1. The number of Topliss-reactive ketones (excluding diaryl/α,β-unsaturated/α-hetero) is 1. The Morgan fingerprint density at radius 3 is 2.58 bits per heavy atom. The van der Waals surface area contributed by atoms with Gasteiger partial charge < -0.3 is 9.47 Å². The van der Waals surface area contributed by atoms with E-state index in [1.54, 1.807) is 37.3 Å². The Labute approximate surface area is 187 Å². The van der Waals surface area contributed by atoms with Crippen molar-refractivity contribution in [3.63, 3.8) is 0 Å². The average molecular weight is 457 g/mol. The molecule has 0 bridgehead atoms. The highest BCUT2D eigenvalue weighted by Gasteiger charge is 2.30. The molecule has 3 aromatic carbocycles. The van der Waals surface area contributed by atoms with Gasteiger partial charge in [0.1, 0.15) is 17.3 Å². The van der Waals surface area contributed by atoms with Crippen LogP contribution in [-0.2, 0) is 11.2 Å². The Kier molecular flexibility index (Phi) is 5.81. The number of allylic oxidation sites excluding steroid dienone is 1. The average Bonchev–Trinajstić information content (AvgIpc) is 3.02. The van der Waals surface area contributed by atoms with E-state index in [-0.39, 0.29) is 34.3 Å². The van der Waals surface area contributed by atoms with Gasteiger partial charge in [0, 0.05) is 16.7 Å². The number of carbonyl (C=O) groups is 2. The first-order chi connectivity index (χ1) is 14.8. The van der Waals surface area contributed by atoms with E-state index in [9.17, 15) is 14.0 Å². The van der Waals surface area contributed by atoms with E-state index in [2.05, 4.69) is 0 Å². The topological polar surface area (TPSA) is 52.6 Å². The van der Waals surface area contributed by atoms with Gasteiger partial charge in [0.25, 0.3) is 0 Å². The van der Waals surface area contributed by atoms with Crippen molar-refractivity contribution in [2.45, 2.75) is 13.3 Å². The molecule has 0 saturated heterocycles. The van der Waals surface area contributed by atoms with E-state index in [4.69, 9.17) is 32.7 Å². The lowest BCUT2D eigenvalue weighted by Crippen LogP contribution is -2.11. The van der Waals surface area contributed by atoms with E-state index >= 15 is 0 Å². The quantitative estimate of drug-likeness (QED) is 0.266. The number of fused-ring (bicyclic) bond motifs is 1. The predicted octanol–water partition coefficient (Wildman–Crippen LogP) is 6.21. The molecule has 0 atom stereocenters. The molecule has 0 fully saturated rings. The van der Waals surface area contributed by atoms with E-state index in [1.165, 1.54) is 30.3 Å². The van der Waals surface area contributed by atoms with Crippen LogP contribution in [0.2, 0.25) is 10.0 Å². The molecule has 7 heteroatoms. The molecule has 0 amide bonds. The molecule has 0 saturated carbocycles. The summed E-state index contributed by atoms with van der Waals surface area (Å²) in [6, 6.07) is 14.1. The third kappa shape index (κ3) is 4.48. The van der Waals surface area contributed by atoms with Crippen LogP contribution in [0.4, 0.5) is 4.39 Å². The number of halogens is 3. The van der Waals surface area contributed by atoms with Crippen LogP contribution in [-0.4, -0.2) is 11.8 Å². The van der Waals surface area contributed by atoms with Gasteiger partial charge >= 0.3 is 5.97 Å². The summed E-state index contributed by atoms with van der Waals surface area (Å²) in [5.74, 6) is -1.02. The minimum atomic E-state index is -0.569. The molecule has 1 aliphatic rings. The van der Waals surface area contributed by atoms with Gasteiger partial charge in [0.05, 0.1) is 17.0 Å². The zero-order valence-corrected chi connectivity index (χ0v) is 17.8. The van der Waals surface area contributed by atoms with Gasteiger partial charge in [-0.3, -0.25) is 9.59 Å². The largest absolute Gasteiger partial charge is 0.452 e. The van der Waals surface area contributed by atoms with Crippen LogP contribution in [0.3, 0.4) is 0 Å². The van der Waals surface area contributed by atoms with Gasteiger partial charge in [0.15, 0.2) is 5.76 Å². The van der Waals surface area contributed by atoms with Crippen molar-refractivity contribution in [2.75, 3.05) is 0 Å². The standard InChI is InChI=1S/C24H15Cl2FO4/c1-13-9-16(30-22(28)10-14-5-7-15(25)8-6-14)11-20-23(13)24(29)21(31-20)12-17-18(26)3-2-4-19(17)27/h2-9,11-12H,10H2,1H3/b21-12-. The van der Waals surface area contributed by atoms with Gasteiger partial charge in [0.2, 0.25) is 5.78 Å². The molecule has 0 aromatic heterocycles. The van der Waals surface area contributed by atoms with E-state index < -0.39 is 17.6 Å². The highest BCUT2D eigenvalue weighted by molar-refractivity contribution is 6.32. The Bertz CT molecular complexity index is 1210. The molecule has 4 nitrogen and oxygen atoms in total. The van der Waals surface area contributed by atoms with Crippen LogP contribution in [0, 0.1) is 12.7 Å². The van der Waals surface area contributed by atoms with Crippen LogP contribution in [0.25, 0.3) is 6.08 Å². The molecule has 0 aliphatic carbocycles. The maximum atomic E-state index is 14.1. The first-order valence-electron chi connectivity index (χ1n) is 9.30. The Hall–Kier alpha value is -3.15. The summed E-state index contributed by atoms with van der Waals surface area (Å²) in [5.41, 5.74) is 1.72. The maximum Gasteiger partial charge on any atom is 0.315 e. The van der Waals surface area contributed by atoms with Crippen molar-refractivity contribution in [1.82, 2.24) is 0 Å². The molecular weight excluding hydrogens is 442 g/mol. The number of aryl methyl sites for hydroxylation is 1. The molecule has 1 aliphatic heterocycles. The lowest BCUT2D eigenvalue weighted by molar-refractivity contribution is -0.133. The van der Waals surface area contributed by atoms with Crippen molar-refractivity contribution < 1.29 is 23.5 Å². The maximum absolute atomic E-state index is 14.1. The molecule has 0 radical (unpaired) electrons. The van der Waals surface area contributed by atoms with Crippen molar-refractivity contribution in [2.24, 2.45) is 0 Å². The van der Waals surface area contributed by atoms with Crippen LogP contribution >= 0.6 is 23.2 Å². The Morgan fingerprint density at radius 2 is 1.87 bits per heavy atom. The number of carbonyl (C=O) groups excluding carboxylic acids is 2. The van der Waals surface area contributed by atoms with E-state index in [1.807, 2.05) is 0 Å². The van der Waals surface area contributed by atoms with E-state index in [0.717, 1.165) is 5.56 Å². The summed E-state index contributed by atoms with van der Waals surface area (Å²) in [5, 5.41) is 0.738. The zero-order chi connectivity index (χ0) is 22.1. The van der Waals surface area contributed by atoms with Gasteiger partial charge in [-0.2, -0.15) is 0 Å². The van der Waals surface area contributed by atoms with E-state index in [0.29, 0.717) is 16.1 Å². The van der Waals surface area contributed by atoms with Crippen LogP contribution in [0.5, 0.6) is 11.5 Å². The number of benzene rings is 3. The van der Waals surface area contributed by atoms with Crippen molar-refractivity contribution >= 4 is 41.0 Å². The van der Waals surface area contributed by atoms with Gasteiger partial charge in [-0.15, -0.1) is 0 Å². The summed E-state index contributed by atoms with van der Waals surface area (Å²) in [7, 11) is 0. The fraction of sp³-hybridized carbons (Fsp3) is 0.0833. The van der Waals surface area contributed by atoms with Crippen LogP contribution in [0.15, 0.2) is 60.4 Å². The zero-order valence-electron chi connectivity index (χ0n) is 16.2. The summed E-state index contributed by atoms with van der Waals surface area (Å²) in [6.45, 7) is 1.70. The summed E-state index contributed by atoms with van der Waals surface area (Å²) >= 11 is 11.9. The van der Waals surface area contributed by atoms with Gasteiger partial charge in [-0.05, 0) is 54.5 Å². The number of ketones is 1. The fourth-order valence-electron chi connectivity index (χ4n) is 3.25. The lowest BCUT2D eigenvalue weighted by atomic mass is 10.0. The molecular formula is C24H15Cl2FO4. The number of ether oxygens (including phenoxy) is 2. The second kappa shape index (κ2) is 8.53. The molecule has 0 unspecified atom stereocenters. The van der Waals surface area contributed by atoms with Crippen molar-refractivity contribution in [3.05, 3.63) is 98.5 Å².